The summed E-state index contributed by atoms with van der Waals surface area (Å²) in [6.45, 7) is 9.14. The zero-order valence-electron chi connectivity index (χ0n) is 17.9. The smallest absolute Gasteiger partial charge is 0.332 e. The van der Waals surface area contributed by atoms with E-state index in [1.165, 1.54) is 6.92 Å². The number of aliphatic carboxylic acids is 1. The molecule has 1 aliphatic heterocycles. The normalized spacial score (nSPS) is 20.0. The summed E-state index contributed by atoms with van der Waals surface area (Å²) in [7, 11) is 0. The predicted molar refractivity (Wildman–Crippen MR) is 109 cm³/mol. The number of hydrogen-bond acceptors (Lipinski definition) is 4. The van der Waals surface area contributed by atoms with Crippen LogP contribution in [0, 0.1) is 12.3 Å². The van der Waals surface area contributed by atoms with E-state index in [1.807, 2.05) is 52.0 Å². The van der Waals surface area contributed by atoms with Crippen LogP contribution in [0.4, 0.5) is 4.79 Å². The molecule has 160 valence electrons. The summed E-state index contributed by atoms with van der Waals surface area (Å²) in [6, 6.07) is 7.12. The highest BCUT2D eigenvalue weighted by Gasteiger charge is 2.62. The highest BCUT2D eigenvalue weighted by atomic mass is 16.5. The lowest BCUT2D eigenvalue weighted by Gasteiger charge is -2.54. The number of amides is 3. The van der Waals surface area contributed by atoms with Crippen molar-refractivity contribution in [3.05, 3.63) is 35.4 Å². The first-order valence-electron chi connectivity index (χ1n) is 10.3. The lowest BCUT2D eigenvalue weighted by atomic mass is 9.72. The fourth-order valence-electron chi connectivity index (χ4n) is 3.80. The molecule has 1 fully saturated rings. The second-order valence-corrected chi connectivity index (χ2v) is 7.71. The van der Waals surface area contributed by atoms with Crippen molar-refractivity contribution in [2.24, 2.45) is 5.41 Å². The Morgan fingerprint density at radius 3 is 2.28 bits per heavy atom. The van der Waals surface area contributed by atoms with Crippen LogP contribution in [-0.4, -0.2) is 40.2 Å². The predicted octanol–water partition coefficient (Wildman–Crippen LogP) is 4.01. The molecule has 0 aromatic heterocycles. The largest absolute Gasteiger partial charge is 0.479 e. The molecular formula is C22H32N2O5. The number of carboxylic acids is 1. The number of nitrogens with zero attached hydrogens (tertiary/aromatic N) is 1. The monoisotopic (exact) mass is 404 g/mol. The van der Waals surface area contributed by atoms with Crippen molar-refractivity contribution >= 4 is 17.9 Å². The van der Waals surface area contributed by atoms with Crippen LogP contribution in [0.2, 0.25) is 0 Å². The number of carboxylic acid groups (broad SMARTS) is 1. The maximum Gasteiger partial charge on any atom is 0.332 e. The van der Waals surface area contributed by atoms with Crippen LogP contribution in [0.1, 0.15) is 70.5 Å². The molecule has 1 aromatic carbocycles. The number of ether oxygens (including phenoxy) is 1. The molecule has 7 nitrogen and oxygen atoms in total. The van der Waals surface area contributed by atoms with E-state index < -0.39 is 29.7 Å². The van der Waals surface area contributed by atoms with E-state index in [0.717, 1.165) is 28.9 Å². The van der Waals surface area contributed by atoms with Crippen molar-refractivity contribution in [2.45, 2.75) is 78.7 Å². The van der Waals surface area contributed by atoms with Crippen molar-refractivity contribution in [1.82, 2.24) is 10.2 Å². The second-order valence-electron chi connectivity index (χ2n) is 7.71. The number of aryl methyl sites for hydroxylation is 1. The Morgan fingerprint density at radius 1 is 1.21 bits per heavy atom. The number of urea groups is 1. The first-order chi connectivity index (χ1) is 13.7. The van der Waals surface area contributed by atoms with E-state index in [2.05, 4.69) is 5.32 Å². The van der Waals surface area contributed by atoms with Crippen molar-refractivity contribution < 1.29 is 24.2 Å². The molecule has 1 aliphatic rings. The topological polar surface area (TPSA) is 95.9 Å². The fourth-order valence-corrected chi connectivity index (χ4v) is 3.80. The molecule has 29 heavy (non-hydrogen) atoms. The molecule has 1 saturated heterocycles. The van der Waals surface area contributed by atoms with Gasteiger partial charge in [-0.1, -0.05) is 57.0 Å². The summed E-state index contributed by atoms with van der Waals surface area (Å²) >= 11 is 0. The van der Waals surface area contributed by atoms with Crippen molar-refractivity contribution in [3.8, 4) is 0 Å². The molecule has 0 spiro atoms. The lowest BCUT2D eigenvalue weighted by molar-refractivity contribution is -0.223. The van der Waals surface area contributed by atoms with Crippen molar-refractivity contribution in [2.75, 3.05) is 0 Å². The van der Waals surface area contributed by atoms with E-state index in [1.54, 1.807) is 0 Å². The summed E-state index contributed by atoms with van der Waals surface area (Å²) in [5, 5.41) is 12.2. The van der Waals surface area contributed by atoms with E-state index in [-0.39, 0.29) is 11.9 Å². The molecule has 0 aliphatic carbocycles. The van der Waals surface area contributed by atoms with E-state index >= 15 is 0 Å². The molecule has 3 atom stereocenters. The summed E-state index contributed by atoms with van der Waals surface area (Å²) in [5.74, 6) is -1.45. The standard InChI is InChI=1S/C22H32N2O5/c1-6-9-17(16-12-10-14(4)11-13-16)23-21(28)24-19(27)22(7-2,8-3)20(24)29-15(5)18(25)26/h10-13,15,17,20H,6-9H2,1-5H3,(H,23,28)(H,25,26)/t15-,17?,20?/m0/s1. The van der Waals surface area contributed by atoms with Gasteiger partial charge >= 0.3 is 12.0 Å². The molecular weight excluding hydrogens is 372 g/mol. The number of rotatable bonds is 9. The molecule has 0 bridgehead atoms. The molecule has 0 radical (unpaired) electrons. The lowest BCUT2D eigenvalue weighted by Crippen LogP contribution is -2.73. The maximum atomic E-state index is 13.0. The first kappa shape index (κ1) is 22.9. The number of benzene rings is 1. The Morgan fingerprint density at radius 2 is 1.79 bits per heavy atom. The summed E-state index contributed by atoms with van der Waals surface area (Å²) in [5.41, 5.74) is 1.22. The third-order valence-corrected chi connectivity index (χ3v) is 5.87. The van der Waals surface area contributed by atoms with Gasteiger partial charge in [0.1, 0.15) is 0 Å². The number of β-lactam (4-membered cyclic amide) rings is 1. The van der Waals surface area contributed by atoms with Gasteiger partial charge in [0.15, 0.2) is 12.3 Å². The Kier molecular flexibility index (Phi) is 7.41. The van der Waals surface area contributed by atoms with Gasteiger partial charge in [-0.3, -0.25) is 4.79 Å². The van der Waals surface area contributed by atoms with E-state index in [9.17, 15) is 19.5 Å². The van der Waals surface area contributed by atoms with Crippen LogP contribution in [0.5, 0.6) is 0 Å². The minimum absolute atomic E-state index is 0.239. The van der Waals surface area contributed by atoms with Gasteiger partial charge in [0.25, 0.3) is 0 Å². The van der Waals surface area contributed by atoms with E-state index in [4.69, 9.17) is 4.74 Å². The molecule has 7 heteroatoms. The minimum atomic E-state index is -1.13. The average Bonchev–Trinajstić information content (AvgIpc) is 2.69. The van der Waals surface area contributed by atoms with Crippen LogP contribution in [-0.2, 0) is 14.3 Å². The van der Waals surface area contributed by atoms with Gasteiger partial charge in [-0.05, 0) is 38.7 Å². The molecule has 3 amide bonds. The zero-order chi connectivity index (χ0) is 21.8. The quantitative estimate of drug-likeness (QED) is 0.606. The first-order valence-corrected chi connectivity index (χ1v) is 10.3. The van der Waals surface area contributed by atoms with Gasteiger partial charge in [0.05, 0.1) is 11.5 Å². The number of imide groups is 1. The second kappa shape index (κ2) is 9.39. The highest BCUT2D eigenvalue weighted by molar-refractivity contribution is 6.03. The van der Waals surface area contributed by atoms with Gasteiger partial charge in [-0.25, -0.2) is 14.5 Å². The number of likely N-dealkylation sites (tertiary alicyclic amines) is 1. The van der Waals surface area contributed by atoms with Gasteiger partial charge in [0.2, 0.25) is 5.91 Å². The van der Waals surface area contributed by atoms with E-state index in [0.29, 0.717) is 12.8 Å². The van der Waals surface area contributed by atoms with Crippen LogP contribution in [0.15, 0.2) is 24.3 Å². The van der Waals surface area contributed by atoms with Crippen molar-refractivity contribution in [3.63, 3.8) is 0 Å². The molecule has 2 N–H and O–H groups in total. The van der Waals surface area contributed by atoms with Crippen LogP contribution >= 0.6 is 0 Å². The Balaban J connectivity index is 2.24. The van der Waals surface area contributed by atoms with Crippen molar-refractivity contribution in [1.29, 1.82) is 0 Å². The molecule has 1 heterocycles. The number of nitrogens with one attached hydrogen (secondary N) is 1. The molecule has 2 unspecified atom stereocenters. The summed E-state index contributed by atoms with van der Waals surface area (Å²) < 4.78 is 5.66. The Labute approximate surface area is 172 Å². The van der Waals surface area contributed by atoms with Crippen LogP contribution in [0.3, 0.4) is 0 Å². The van der Waals surface area contributed by atoms with Crippen LogP contribution < -0.4 is 5.32 Å². The third kappa shape index (κ3) is 4.45. The van der Waals surface area contributed by atoms with Gasteiger partial charge in [-0.2, -0.15) is 0 Å². The highest BCUT2D eigenvalue weighted by Crippen LogP contribution is 2.46. The zero-order valence-corrected chi connectivity index (χ0v) is 17.9. The van der Waals surface area contributed by atoms with Gasteiger partial charge in [-0.15, -0.1) is 0 Å². The SMILES string of the molecule is CCCC(NC(=O)N1C(=O)C(CC)(CC)C1O[C@@H](C)C(=O)O)c1ccc(C)cc1. The van der Waals surface area contributed by atoms with Crippen LogP contribution in [0.25, 0.3) is 0 Å². The minimum Gasteiger partial charge on any atom is -0.479 e. The average molecular weight is 405 g/mol. The maximum absolute atomic E-state index is 13.0. The third-order valence-electron chi connectivity index (χ3n) is 5.87. The number of carbonyl (C=O) groups excluding carboxylic acids is 2. The molecule has 0 saturated carbocycles. The number of carbonyl (C=O) groups is 3. The summed E-state index contributed by atoms with van der Waals surface area (Å²) in [4.78, 5) is 38.2. The van der Waals surface area contributed by atoms with Gasteiger partial charge in [0, 0.05) is 0 Å². The molecule has 2 rings (SSSR count). The Hall–Kier alpha value is -2.41. The fraction of sp³-hybridized carbons (Fsp3) is 0.591. The number of hydrogen-bond donors (Lipinski definition) is 2. The molecule has 1 aromatic rings. The van der Waals surface area contributed by atoms with Gasteiger partial charge < -0.3 is 15.2 Å². The summed E-state index contributed by atoms with van der Waals surface area (Å²) in [6.07, 6.45) is 0.511. The Bertz CT molecular complexity index is 742.